The summed E-state index contributed by atoms with van der Waals surface area (Å²) in [5.74, 6) is 1.02. The Bertz CT molecular complexity index is 126. The molecular formula is C10H20N2. The minimum atomic E-state index is 1.02. The van der Waals surface area contributed by atoms with E-state index in [-0.39, 0.29) is 0 Å². The third-order valence-corrected chi connectivity index (χ3v) is 3.26. The number of piperidine rings is 1. The maximum atomic E-state index is 3.42. The summed E-state index contributed by atoms with van der Waals surface area (Å²) < 4.78 is 0. The highest BCUT2D eigenvalue weighted by molar-refractivity contribution is 4.73. The van der Waals surface area contributed by atoms with Crippen LogP contribution in [-0.4, -0.2) is 37.6 Å². The van der Waals surface area contributed by atoms with Gasteiger partial charge >= 0.3 is 0 Å². The molecule has 0 aromatic rings. The smallest absolute Gasteiger partial charge is 0.000654 e. The zero-order valence-corrected chi connectivity index (χ0v) is 7.89. The van der Waals surface area contributed by atoms with Crippen molar-refractivity contribution in [3.63, 3.8) is 0 Å². The summed E-state index contributed by atoms with van der Waals surface area (Å²) in [7, 11) is 0. The fourth-order valence-electron chi connectivity index (χ4n) is 2.14. The highest BCUT2D eigenvalue weighted by Crippen LogP contribution is 2.17. The summed E-state index contributed by atoms with van der Waals surface area (Å²) in [6.07, 6.45) is 5.70. The summed E-state index contributed by atoms with van der Waals surface area (Å²) >= 11 is 0. The van der Waals surface area contributed by atoms with E-state index >= 15 is 0 Å². The van der Waals surface area contributed by atoms with Gasteiger partial charge in [0, 0.05) is 0 Å². The first-order valence-electron chi connectivity index (χ1n) is 5.38. The van der Waals surface area contributed by atoms with Crippen LogP contribution in [0.15, 0.2) is 0 Å². The Morgan fingerprint density at radius 2 is 1.92 bits per heavy atom. The molecule has 2 aliphatic heterocycles. The van der Waals surface area contributed by atoms with Crippen LogP contribution in [0, 0.1) is 5.92 Å². The maximum Gasteiger partial charge on any atom is -0.000654 e. The van der Waals surface area contributed by atoms with Crippen molar-refractivity contribution in [3.8, 4) is 0 Å². The normalized spacial score (nSPS) is 27.0. The molecule has 12 heavy (non-hydrogen) atoms. The average molecular weight is 168 g/mol. The number of hydrogen-bond donors (Lipinski definition) is 1. The zero-order valence-electron chi connectivity index (χ0n) is 7.89. The van der Waals surface area contributed by atoms with E-state index in [9.17, 15) is 0 Å². The van der Waals surface area contributed by atoms with Crippen LogP contribution in [0.3, 0.4) is 0 Å². The van der Waals surface area contributed by atoms with Crippen LogP contribution < -0.4 is 5.32 Å². The summed E-state index contributed by atoms with van der Waals surface area (Å²) in [6.45, 7) is 6.61. The minimum Gasteiger partial charge on any atom is -0.317 e. The standard InChI is InChI=1S/C10H20N2/c1-7-12(8-1)9-4-10-2-5-11-6-3-10/h10-11H,1-9H2. The van der Waals surface area contributed by atoms with Crippen molar-refractivity contribution in [3.05, 3.63) is 0 Å². The van der Waals surface area contributed by atoms with Gasteiger partial charge in [-0.1, -0.05) is 0 Å². The molecule has 0 saturated carbocycles. The SMILES string of the molecule is C1CN(CCC2CCNCC2)C1. The molecule has 1 N–H and O–H groups in total. The van der Waals surface area contributed by atoms with Crippen LogP contribution in [-0.2, 0) is 0 Å². The van der Waals surface area contributed by atoms with E-state index in [0.717, 1.165) is 5.92 Å². The Hall–Kier alpha value is -0.0800. The van der Waals surface area contributed by atoms with Crippen molar-refractivity contribution in [2.24, 2.45) is 5.92 Å². The van der Waals surface area contributed by atoms with Crippen LogP contribution in [0.25, 0.3) is 0 Å². The minimum absolute atomic E-state index is 1.02. The van der Waals surface area contributed by atoms with Gasteiger partial charge in [-0.2, -0.15) is 0 Å². The molecule has 0 aromatic heterocycles. The first-order valence-corrected chi connectivity index (χ1v) is 5.38. The van der Waals surface area contributed by atoms with Gasteiger partial charge in [-0.15, -0.1) is 0 Å². The van der Waals surface area contributed by atoms with E-state index in [2.05, 4.69) is 10.2 Å². The Morgan fingerprint density at radius 1 is 1.17 bits per heavy atom. The summed E-state index contributed by atoms with van der Waals surface area (Å²) in [4.78, 5) is 2.59. The van der Waals surface area contributed by atoms with E-state index in [0.29, 0.717) is 0 Å². The fourth-order valence-corrected chi connectivity index (χ4v) is 2.14. The fraction of sp³-hybridized carbons (Fsp3) is 1.00. The van der Waals surface area contributed by atoms with Gasteiger partial charge < -0.3 is 10.2 Å². The highest BCUT2D eigenvalue weighted by Gasteiger charge is 2.17. The van der Waals surface area contributed by atoms with Crippen molar-refractivity contribution < 1.29 is 0 Å². The molecule has 2 nitrogen and oxygen atoms in total. The molecule has 0 atom stereocenters. The first kappa shape index (κ1) is 8.52. The third-order valence-electron chi connectivity index (χ3n) is 3.26. The lowest BCUT2D eigenvalue weighted by molar-refractivity contribution is 0.162. The molecule has 2 fully saturated rings. The number of nitrogens with one attached hydrogen (secondary N) is 1. The molecule has 0 aromatic carbocycles. The van der Waals surface area contributed by atoms with Crippen molar-refractivity contribution in [1.82, 2.24) is 10.2 Å². The largest absolute Gasteiger partial charge is 0.317 e. The predicted octanol–water partition coefficient (Wildman–Crippen LogP) is 1.08. The molecule has 0 bridgehead atoms. The van der Waals surface area contributed by atoms with E-state index in [1.165, 1.54) is 58.4 Å². The molecule has 2 heteroatoms. The molecule has 0 amide bonds. The Balaban J connectivity index is 1.58. The van der Waals surface area contributed by atoms with Crippen LogP contribution in [0.1, 0.15) is 25.7 Å². The second-order valence-corrected chi connectivity index (χ2v) is 4.18. The van der Waals surface area contributed by atoms with Crippen LogP contribution in [0.4, 0.5) is 0 Å². The van der Waals surface area contributed by atoms with Crippen LogP contribution in [0.2, 0.25) is 0 Å². The van der Waals surface area contributed by atoms with Crippen molar-refractivity contribution >= 4 is 0 Å². The van der Waals surface area contributed by atoms with E-state index in [1.54, 1.807) is 0 Å². The van der Waals surface area contributed by atoms with Crippen LogP contribution in [0.5, 0.6) is 0 Å². The van der Waals surface area contributed by atoms with Crippen molar-refractivity contribution in [2.75, 3.05) is 32.7 Å². The number of likely N-dealkylation sites (tertiary alicyclic amines) is 1. The molecule has 2 aliphatic rings. The Labute approximate surface area is 75.3 Å². The third kappa shape index (κ3) is 2.20. The quantitative estimate of drug-likeness (QED) is 0.678. The summed E-state index contributed by atoms with van der Waals surface area (Å²) in [5, 5.41) is 3.42. The predicted molar refractivity (Wildman–Crippen MR) is 51.3 cm³/mol. The maximum absolute atomic E-state index is 3.42. The first-order chi connectivity index (χ1) is 5.95. The monoisotopic (exact) mass is 168 g/mol. The second-order valence-electron chi connectivity index (χ2n) is 4.18. The average Bonchev–Trinajstić information content (AvgIpc) is 2.04. The Kier molecular flexibility index (Phi) is 3.01. The number of rotatable bonds is 3. The number of hydrogen-bond acceptors (Lipinski definition) is 2. The lowest BCUT2D eigenvalue weighted by atomic mass is 9.94. The van der Waals surface area contributed by atoms with Crippen molar-refractivity contribution in [1.29, 1.82) is 0 Å². The zero-order chi connectivity index (χ0) is 8.23. The molecular weight excluding hydrogens is 148 g/mol. The van der Waals surface area contributed by atoms with Crippen molar-refractivity contribution in [2.45, 2.75) is 25.7 Å². The van der Waals surface area contributed by atoms with Gasteiger partial charge in [0.2, 0.25) is 0 Å². The van der Waals surface area contributed by atoms with Gasteiger partial charge in [-0.05, 0) is 64.3 Å². The van der Waals surface area contributed by atoms with E-state index in [1.807, 2.05) is 0 Å². The topological polar surface area (TPSA) is 15.3 Å². The highest BCUT2D eigenvalue weighted by atomic mass is 15.2. The number of nitrogens with zero attached hydrogens (tertiary/aromatic N) is 1. The lowest BCUT2D eigenvalue weighted by Crippen LogP contribution is -2.39. The molecule has 70 valence electrons. The summed E-state index contributed by atoms with van der Waals surface area (Å²) in [5.41, 5.74) is 0. The van der Waals surface area contributed by atoms with Gasteiger partial charge in [0.05, 0.1) is 0 Å². The van der Waals surface area contributed by atoms with Gasteiger partial charge in [0.1, 0.15) is 0 Å². The molecule has 0 unspecified atom stereocenters. The lowest BCUT2D eigenvalue weighted by Gasteiger charge is -2.33. The van der Waals surface area contributed by atoms with Gasteiger partial charge in [0.25, 0.3) is 0 Å². The molecule has 0 radical (unpaired) electrons. The molecule has 2 saturated heterocycles. The molecule has 0 spiro atoms. The van der Waals surface area contributed by atoms with Gasteiger partial charge in [0.15, 0.2) is 0 Å². The Morgan fingerprint density at radius 3 is 2.50 bits per heavy atom. The molecule has 2 rings (SSSR count). The van der Waals surface area contributed by atoms with Gasteiger partial charge in [-0.25, -0.2) is 0 Å². The second kappa shape index (κ2) is 4.24. The van der Waals surface area contributed by atoms with Gasteiger partial charge in [-0.3, -0.25) is 0 Å². The summed E-state index contributed by atoms with van der Waals surface area (Å²) in [6, 6.07) is 0. The van der Waals surface area contributed by atoms with E-state index in [4.69, 9.17) is 0 Å². The van der Waals surface area contributed by atoms with E-state index < -0.39 is 0 Å². The molecule has 0 aliphatic carbocycles. The van der Waals surface area contributed by atoms with Crippen LogP contribution >= 0.6 is 0 Å². The molecule has 2 heterocycles.